The van der Waals surface area contributed by atoms with Gasteiger partial charge in [-0.3, -0.25) is 0 Å². The van der Waals surface area contributed by atoms with E-state index in [-0.39, 0.29) is 18.6 Å². The molecule has 0 unspecified atom stereocenters. The number of piperidine rings is 1. The van der Waals surface area contributed by atoms with Gasteiger partial charge in [0.1, 0.15) is 0 Å². The Morgan fingerprint density at radius 1 is 1.00 bits per heavy atom. The van der Waals surface area contributed by atoms with Crippen molar-refractivity contribution in [2.75, 3.05) is 53.4 Å². The predicted molar refractivity (Wildman–Crippen MR) is 112 cm³/mol. The normalized spacial score (nSPS) is 18.5. The Kier molecular flexibility index (Phi) is 23.2. The third-order valence-electron chi connectivity index (χ3n) is 4.62. The maximum atomic E-state index is 4.75. The molecule has 0 amide bonds. The van der Waals surface area contributed by atoms with Crippen LogP contribution < -0.4 is 0 Å². The first kappa shape index (κ1) is 30.2. The first-order valence-electron chi connectivity index (χ1n) is 10.6. The molecule has 2 fully saturated rings. The Bertz CT molecular complexity index is 250. The third-order valence-corrected chi connectivity index (χ3v) is 4.62. The molecule has 2 aliphatic rings. The molecule has 0 aromatic carbocycles. The van der Waals surface area contributed by atoms with E-state index in [2.05, 4.69) is 30.8 Å². The Morgan fingerprint density at radius 2 is 1.48 bits per heavy atom. The third kappa shape index (κ3) is 16.4. The number of hydrogen-bond donors (Lipinski definition) is 0. The van der Waals surface area contributed by atoms with Crippen LogP contribution in [-0.4, -0.2) is 63.2 Å². The number of likely N-dealkylation sites (tertiary alicyclic amines) is 1. The van der Waals surface area contributed by atoms with E-state index >= 15 is 0 Å². The molecule has 4 heteroatoms. The zero-order valence-electron chi connectivity index (χ0n) is 18.9. The summed E-state index contributed by atoms with van der Waals surface area (Å²) in [5.74, 6) is 0.854. The largest absolute Gasteiger partial charge is 0.661 e. The van der Waals surface area contributed by atoms with E-state index < -0.39 is 0 Å². The van der Waals surface area contributed by atoms with Crippen LogP contribution in [0.2, 0.25) is 0 Å². The standard InChI is InChI=1S/C15H30N3.3C2H6.V/c1-15(6-7-15)13-18(3)11-8-16-12-14-4-9-17(2)10-5-14;3*1-2;/h14H,4-13H2,1-3H3;3*1-2H3;/q-1;;;;. The molecule has 1 radical (unpaired) electrons. The van der Waals surface area contributed by atoms with Crippen LogP contribution in [0.5, 0.6) is 0 Å². The van der Waals surface area contributed by atoms with Crippen molar-refractivity contribution in [2.45, 2.75) is 74.1 Å². The van der Waals surface area contributed by atoms with Gasteiger partial charge in [-0.25, -0.2) is 0 Å². The molecule has 0 N–H and O–H groups in total. The monoisotopic (exact) mass is 393 g/mol. The van der Waals surface area contributed by atoms with Gasteiger partial charge >= 0.3 is 0 Å². The Morgan fingerprint density at radius 3 is 1.92 bits per heavy atom. The van der Waals surface area contributed by atoms with Crippen LogP contribution in [0.25, 0.3) is 5.32 Å². The van der Waals surface area contributed by atoms with Gasteiger partial charge in [0, 0.05) is 25.1 Å². The van der Waals surface area contributed by atoms with Gasteiger partial charge in [-0.05, 0) is 64.8 Å². The maximum Gasteiger partial charge on any atom is 0.00316 e. The minimum absolute atomic E-state index is 0. The van der Waals surface area contributed by atoms with Crippen LogP contribution in [-0.2, 0) is 18.6 Å². The second kappa shape index (κ2) is 19.2. The molecule has 1 heterocycles. The Hall–Kier alpha value is 0.464. The van der Waals surface area contributed by atoms with Crippen molar-refractivity contribution >= 4 is 0 Å². The fourth-order valence-corrected chi connectivity index (χ4v) is 2.86. The molecule has 0 aromatic heterocycles. The van der Waals surface area contributed by atoms with Crippen LogP contribution in [0.15, 0.2) is 0 Å². The summed E-state index contributed by atoms with van der Waals surface area (Å²) in [4.78, 5) is 4.89. The summed E-state index contributed by atoms with van der Waals surface area (Å²) in [6.45, 7) is 21.5. The van der Waals surface area contributed by atoms with Crippen molar-refractivity contribution in [3.63, 3.8) is 0 Å². The van der Waals surface area contributed by atoms with Gasteiger partial charge in [0.2, 0.25) is 0 Å². The van der Waals surface area contributed by atoms with Gasteiger partial charge in [-0.1, -0.05) is 54.4 Å². The van der Waals surface area contributed by atoms with Crippen molar-refractivity contribution in [3.8, 4) is 0 Å². The van der Waals surface area contributed by atoms with E-state index in [1.54, 1.807) is 0 Å². The van der Waals surface area contributed by atoms with Gasteiger partial charge in [-0.2, -0.15) is 0 Å². The quantitative estimate of drug-likeness (QED) is 0.532. The SMILES string of the molecule is CC.CC.CC.CN1CCC(C[N-]CCN(C)CC2(C)CC2)CC1.[V]. The van der Waals surface area contributed by atoms with Gasteiger partial charge < -0.3 is 15.1 Å². The number of rotatable bonds is 7. The van der Waals surface area contributed by atoms with Crippen LogP contribution in [0.4, 0.5) is 0 Å². The topological polar surface area (TPSA) is 20.6 Å². The van der Waals surface area contributed by atoms with Gasteiger partial charge in [0.05, 0.1) is 0 Å². The summed E-state index contributed by atoms with van der Waals surface area (Å²) >= 11 is 0. The first-order valence-corrected chi connectivity index (χ1v) is 10.6. The zero-order valence-corrected chi connectivity index (χ0v) is 20.3. The first-order chi connectivity index (χ1) is 11.6. The fraction of sp³-hybridized carbons (Fsp3) is 1.00. The van der Waals surface area contributed by atoms with Crippen LogP contribution >= 0.6 is 0 Å². The molecular weight excluding hydrogens is 345 g/mol. The van der Waals surface area contributed by atoms with Gasteiger partial charge in [0.15, 0.2) is 0 Å². The fourth-order valence-electron chi connectivity index (χ4n) is 2.86. The molecule has 1 saturated carbocycles. The van der Waals surface area contributed by atoms with E-state index in [9.17, 15) is 0 Å². The minimum atomic E-state index is 0. The van der Waals surface area contributed by atoms with E-state index in [0.717, 1.165) is 25.6 Å². The van der Waals surface area contributed by atoms with Crippen LogP contribution in [0, 0.1) is 11.3 Å². The van der Waals surface area contributed by atoms with Crippen molar-refractivity contribution in [1.82, 2.24) is 9.80 Å². The molecule has 1 aliphatic heterocycles. The minimum Gasteiger partial charge on any atom is -0.661 e. The molecule has 0 atom stereocenters. The summed E-state index contributed by atoms with van der Waals surface area (Å²) in [6, 6.07) is 0. The van der Waals surface area contributed by atoms with Crippen molar-refractivity contribution in [1.29, 1.82) is 0 Å². The second-order valence-corrected chi connectivity index (χ2v) is 6.92. The van der Waals surface area contributed by atoms with Crippen molar-refractivity contribution in [3.05, 3.63) is 5.32 Å². The molecule has 0 bridgehead atoms. The summed E-state index contributed by atoms with van der Waals surface area (Å²) in [5, 5.41) is 4.75. The molecular formula is C21H48N3V-. The van der Waals surface area contributed by atoms with Crippen LogP contribution in [0.1, 0.15) is 74.1 Å². The number of likely N-dealkylation sites (N-methyl/N-ethyl adjacent to an activating group) is 1. The average molecular weight is 394 g/mol. The molecule has 1 saturated heterocycles. The van der Waals surface area contributed by atoms with Crippen molar-refractivity contribution < 1.29 is 18.6 Å². The zero-order chi connectivity index (χ0) is 19.0. The molecule has 0 spiro atoms. The van der Waals surface area contributed by atoms with Gasteiger partial charge in [0.25, 0.3) is 0 Å². The molecule has 2 rings (SSSR count). The van der Waals surface area contributed by atoms with Crippen molar-refractivity contribution in [2.24, 2.45) is 11.3 Å². The molecule has 1 aliphatic carbocycles. The van der Waals surface area contributed by atoms with E-state index in [1.807, 2.05) is 41.5 Å². The Balaban J connectivity index is -0.000000626. The Labute approximate surface area is 172 Å². The predicted octanol–water partition coefficient (Wildman–Crippen LogP) is 5.51. The molecule has 3 nitrogen and oxygen atoms in total. The summed E-state index contributed by atoms with van der Waals surface area (Å²) in [7, 11) is 4.47. The smallest absolute Gasteiger partial charge is 0.00316 e. The number of hydrogen-bond acceptors (Lipinski definition) is 2. The van der Waals surface area contributed by atoms with E-state index in [0.29, 0.717) is 5.41 Å². The van der Waals surface area contributed by atoms with Gasteiger partial charge in [-0.15, -0.1) is 13.1 Å². The van der Waals surface area contributed by atoms with E-state index in [1.165, 1.54) is 45.3 Å². The summed E-state index contributed by atoms with van der Waals surface area (Å²) in [5.41, 5.74) is 0.642. The second-order valence-electron chi connectivity index (χ2n) is 6.92. The molecule has 25 heavy (non-hydrogen) atoms. The summed E-state index contributed by atoms with van der Waals surface area (Å²) in [6.07, 6.45) is 5.52. The maximum absolute atomic E-state index is 4.75. The molecule has 0 aromatic rings. The average Bonchev–Trinajstić information content (AvgIpc) is 3.35. The molecule has 153 valence electrons. The van der Waals surface area contributed by atoms with Crippen LogP contribution in [0.3, 0.4) is 0 Å². The number of nitrogens with zero attached hydrogens (tertiary/aromatic N) is 3. The summed E-state index contributed by atoms with van der Waals surface area (Å²) < 4.78 is 0. The van der Waals surface area contributed by atoms with E-state index in [4.69, 9.17) is 5.32 Å².